The predicted molar refractivity (Wildman–Crippen MR) is 46.1 cm³/mol. The van der Waals surface area contributed by atoms with Crippen LogP contribution in [0.5, 0.6) is 0 Å². The summed E-state index contributed by atoms with van der Waals surface area (Å²) in [4.78, 5) is 13.0. The Balaban J connectivity index is 2.30. The van der Waals surface area contributed by atoms with E-state index in [0.29, 0.717) is 6.61 Å². The number of hydrogen-bond acceptors (Lipinski definition) is 2. The molecular formula is C8H16N2O2. The van der Waals surface area contributed by atoms with Crippen LogP contribution in [0.2, 0.25) is 0 Å². The first-order valence-electron chi connectivity index (χ1n) is 4.29. The van der Waals surface area contributed by atoms with Gasteiger partial charge in [0.15, 0.2) is 0 Å². The first-order chi connectivity index (χ1) is 5.75. The van der Waals surface area contributed by atoms with Crippen molar-refractivity contribution in [1.82, 2.24) is 10.2 Å². The van der Waals surface area contributed by atoms with Crippen molar-refractivity contribution in [2.45, 2.75) is 19.4 Å². The fourth-order valence-corrected chi connectivity index (χ4v) is 1.35. The lowest BCUT2D eigenvalue weighted by Crippen LogP contribution is -2.36. The van der Waals surface area contributed by atoms with Crippen molar-refractivity contribution in [1.29, 1.82) is 0 Å². The summed E-state index contributed by atoms with van der Waals surface area (Å²) in [5.74, 6) is 0. The molecule has 4 heteroatoms. The summed E-state index contributed by atoms with van der Waals surface area (Å²) in [6, 6.07) is 0.339. The molecule has 1 saturated heterocycles. The summed E-state index contributed by atoms with van der Waals surface area (Å²) < 4.78 is 4.95. The Morgan fingerprint density at radius 1 is 1.75 bits per heavy atom. The van der Waals surface area contributed by atoms with Gasteiger partial charge in [0.25, 0.3) is 0 Å². The number of nitrogens with zero attached hydrogens (tertiary/aromatic N) is 1. The quantitative estimate of drug-likeness (QED) is 0.668. The molecule has 12 heavy (non-hydrogen) atoms. The molecule has 1 heterocycles. The zero-order chi connectivity index (χ0) is 8.97. The van der Waals surface area contributed by atoms with Crippen LogP contribution in [-0.2, 0) is 4.74 Å². The molecule has 1 N–H and O–H groups in total. The molecule has 0 aliphatic carbocycles. The third-order valence-corrected chi connectivity index (χ3v) is 2.16. The predicted octanol–water partition coefficient (Wildman–Crippen LogP) is 0.437. The van der Waals surface area contributed by atoms with Crippen molar-refractivity contribution < 1.29 is 9.53 Å². The fourth-order valence-electron chi connectivity index (χ4n) is 1.35. The van der Waals surface area contributed by atoms with Gasteiger partial charge in [-0.05, 0) is 13.3 Å². The Bertz CT molecular complexity index is 161. The van der Waals surface area contributed by atoms with Gasteiger partial charge >= 0.3 is 6.03 Å². The standard InChI is InChI=1S/C8H16N2O2/c1-7(3-6-12-2)10-5-4-9-8(10)11/h7H,3-6H2,1-2H3,(H,9,11). The van der Waals surface area contributed by atoms with Crippen molar-refractivity contribution in [3.05, 3.63) is 0 Å². The van der Waals surface area contributed by atoms with E-state index in [2.05, 4.69) is 5.32 Å². The molecule has 0 saturated carbocycles. The largest absolute Gasteiger partial charge is 0.385 e. The van der Waals surface area contributed by atoms with Gasteiger partial charge in [-0.15, -0.1) is 0 Å². The van der Waals surface area contributed by atoms with Gasteiger partial charge in [-0.25, -0.2) is 4.79 Å². The number of nitrogens with one attached hydrogen (secondary N) is 1. The van der Waals surface area contributed by atoms with Crippen molar-refractivity contribution in [2.75, 3.05) is 26.8 Å². The van der Waals surface area contributed by atoms with Gasteiger partial charge < -0.3 is 15.0 Å². The minimum Gasteiger partial charge on any atom is -0.385 e. The van der Waals surface area contributed by atoms with Gasteiger partial charge in [0.1, 0.15) is 0 Å². The number of carbonyl (C=O) groups excluding carboxylic acids is 1. The summed E-state index contributed by atoms with van der Waals surface area (Å²) in [6.07, 6.45) is 0.907. The summed E-state index contributed by atoms with van der Waals surface area (Å²) in [5, 5.41) is 2.77. The maximum absolute atomic E-state index is 11.2. The molecule has 70 valence electrons. The molecule has 1 aliphatic rings. The lowest BCUT2D eigenvalue weighted by molar-refractivity contribution is 0.155. The Kier molecular flexibility index (Phi) is 3.34. The van der Waals surface area contributed by atoms with Gasteiger partial charge in [0.05, 0.1) is 0 Å². The summed E-state index contributed by atoms with van der Waals surface area (Å²) in [5.41, 5.74) is 0. The van der Waals surface area contributed by atoms with Crippen LogP contribution in [0.15, 0.2) is 0 Å². The highest BCUT2D eigenvalue weighted by molar-refractivity contribution is 5.76. The molecule has 0 spiro atoms. The number of ether oxygens (including phenoxy) is 1. The Hall–Kier alpha value is -0.770. The van der Waals surface area contributed by atoms with E-state index in [-0.39, 0.29) is 12.1 Å². The van der Waals surface area contributed by atoms with Crippen LogP contribution in [0.4, 0.5) is 4.79 Å². The average Bonchev–Trinajstić information content (AvgIpc) is 2.47. The highest BCUT2D eigenvalue weighted by atomic mass is 16.5. The zero-order valence-corrected chi connectivity index (χ0v) is 7.67. The van der Waals surface area contributed by atoms with E-state index < -0.39 is 0 Å². The van der Waals surface area contributed by atoms with Crippen molar-refractivity contribution in [2.24, 2.45) is 0 Å². The molecule has 2 amide bonds. The minimum atomic E-state index is 0.0543. The van der Waals surface area contributed by atoms with E-state index in [1.165, 1.54) is 0 Å². The van der Waals surface area contributed by atoms with E-state index >= 15 is 0 Å². The minimum absolute atomic E-state index is 0.0543. The van der Waals surface area contributed by atoms with E-state index in [1.807, 2.05) is 11.8 Å². The fraction of sp³-hybridized carbons (Fsp3) is 0.875. The Morgan fingerprint density at radius 3 is 3.00 bits per heavy atom. The number of carbonyl (C=O) groups is 1. The topological polar surface area (TPSA) is 41.6 Å². The number of methoxy groups -OCH3 is 1. The third-order valence-electron chi connectivity index (χ3n) is 2.16. The molecule has 0 aromatic heterocycles. The Labute approximate surface area is 72.9 Å². The molecule has 0 radical (unpaired) electrons. The SMILES string of the molecule is COCCC(C)N1CCNC1=O. The molecule has 4 nitrogen and oxygen atoms in total. The molecule has 1 atom stereocenters. The monoisotopic (exact) mass is 172 g/mol. The average molecular weight is 172 g/mol. The molecule has 1 rings (SSSR count). The molecular weight excluding hydrogens is 156 g/mol. The zero-order valence-electron chi connectivity index (χ0n) is 7.67. The van der Waals surface area contributed by atoms with Crippen LogP contribution in [0.25, 0.3) is 0 Å². The first-order valence-corrected chi connectivity index (χ1v) is 4.29. The third kappa shape index (κ3) is 2.11. The second kappa shape index (κ2) is 4.30. The van der Waals surface area contributed by atoms with Crippen LogP contribution < -0.4 is 5.32 Å². The maximum atomic E-state index is 11.2. The second-order valence-corrected chi connectivity index (χ2v) is 3.06. The number of hydrogen-bond donors (Lipinski definition) is 1. The molecule has 0 aromatic carbocycles. The van der Waals surface area contributed by atoms with Crippen LogP contribution in [0.1, 0.15) is 13.3 Å². The maximum Gasteiger partial charge on any atom is 0.317 e. The van der Waals surface area contributed by atoms with Crippen LogP contribution in [-0.4, -0.2) is 43.8 Å². The Morgan fingerprint density at radius 2 is 2.50 bits per heavy atom. The first kappa shape index (κ1) is 9.32. The van der Waals surface area contributed by atoms with E-state index in [1.54, 1.807) is 7.11 Å². The van der Waals surface area contributed by atoms with E-state index in [0.717, 1.165) is 19.5 Å². The molecule has 1 fully saturated rings. The van der Waals surface area contributed by atoms with Crippen LogP contribution in [0.3, 0.4) is 0 Å². The highest BCUT2D eigenvalue weighted by Gasteiger charge is 2.23. The summed E-state index contributed by atoms with van der Waals surface area (Å²) in [7, 11) is 1.68. The lowest BCUT2D eigenvalue weighted by Gasteiger charge is -2.22. The number of amides is 2. The molecule has 0 bridgehead atoms. The van der Waals surface area contributed by atoms with Crippen LogP contribution >= 0.6 is 0 Å². The summed E-state index contributed by atoms with van der Waals surface area (Å²) >= 11 is 0. The van der Waals surface area contributed by atoms with Gasteiger partial charge in [-0.2, -0.15) is 0 Å². The van der Waals surface area contributed by atoms with Crippen LogP contribution in [0, 0.1) is 0 Å². The van der Waals surface area contributed by atoms with Gasteiger partial charge in [-0.1, -0.05) is 0 Å². The highest BCUT2D eigenvalue weighted by Crippen LogP contribution is 2.07. The lowest BCUT2D eigenvalue weighted by atomic mass is 10.2. The normalized spacial score (nSPS) is 19.5. The summed E-state index contributed by atoms with van der Waals surface area (Å²) in [6.45, 7) is 4.36. The van der Waals surface area contributed by atoms with E-state index in [9.17, 15) is 4.79 Å². The van der Waals surface area contributed by atoms with Gasteiger partial charge in [0.2, 0.25) is 0 Å². The van der Waals surface area contributed by atoms with Gasteiger partial charge in [0, 0.05) is 32.8 Å². The second-order valence-electron chi connectivity index (χ2n) is 3.06. The van der Waals surface area contributed by atoms with Crippen molar-refractivity contribution in [3.8, 4) is 0 Å². The van der Waals surface area contributed by atoms with Crippen molar-refractivity contribution >= 4 is 6.03 Å². The molecule has 1 unspecified atom stereocenters. The van der Waals surface area contributed by atoms with Crippen molar-refractivity contribution in [3.63, 3.8) is 0 Å². The number of rotatable bonds is 4. The molecule has 1 aliphatic heterocycles. The van der Waals surface area contributed by atoms with E-state index in [4.69, 9.17) is 4.74 Å². The smallest absolute Gasteiger partial charge is 0.317 e. The number of urea groups is 1. The van der Waals surface area contributed by atoms with Gasteiger partial charge in [-0.3, -0.25) is 0 Å². The molecule has 0 aromatic rings.